The summed E-state index contributed by atoms with van der Waals surface area (Å²) in [6.45, 7) is 1.09. The molecule has 0 atom stereocenters. The van der Waals surface area contributed by atoms with Crippen molar-refractivity contribution < 1.29 is 22.8 Å². The first-order chi connectivity index (χ1) is 8.24. The van der Waals surface area contributed by atoms with Gasteiger partial charge in [0.05, 0.1) is 11.6 Å². The maximum absolute atomic E-state index is 12.1. The highest BCUT2D eigenvalue weighted by Crippen LogP contribution is 2.31. The number of aromatic nitrogens is 1. The lowest BCUT2D eigenvalue weighted by atomic mass is 10.2. The van der Waals surface area contributed by atoms with Gasteiger partial charge < -0.3 is 14.9 Å². The van der Waals surface area contributed by atoms with Crippen molar-refractivity contribution in [3.05, 3.63) is 27.4 Å². The maximum atomic E-state index is 12.1. The van der Waals surface area contributed by atoms with Crippen LogP contribution in [0.5, 0.6) is 5.75 Å². The van der Waals surface area contributed by atoms with Crippen molar-refractivity contribution in [1.29, 1.82) is 5.26 Å². The second kappa shape index (κ2) is 4.87. The van der Waals surface area contributed by atoms with E-state index in [1.165, 1.54) is 0 Å². The molecule has 0 radical (unpaired) electrons. The Hall–Kier alpha value is -2.37. The quantitative estimate of drug-likeness (QED) is 0.615. The van der Waals surface area contributed by atoms with Gasteiger partial charge in [0.1, 0.15) is 12.2 Å². The summed E-state index contributed by atoms with van der Waals surface area (Å²) in [7, 11) is 0. The van der Waals surface area contributed by atoms with Gasteiger partial charge in [0.2, 0.25) is 0 Å². The standard InChI is InChI=1S/C9H6F3N3O3/c1-5-7(18-9(10,11)12)4-6(2-3-13)14-8(5)15(16)17/h4H,2H2,1H3. The van der Waals surface area contributed by atoms with Gasteiger partial charge in [-0.2, -0.15) is 5.26 Å². The van der Waals surface area contributed by atoms with Gasteiger partial charge >= 0.3 is 12.2 Å². The Morgan fingerprint density at radius 2 is 2.22 bits per heavy atom. The fraction of sp³-hybridized carbons (Fsp3) is 0.333. The molecule has 1 aromatic heterocycles. The molecule has 1 aromatic rings. The van der Waals surface area contributed by atoms with Crippen LogP contribution in [0.1, 0.15) is 11.3 Å². The van der Waals surface area contributed by atoms with Crippen LogP contribution in [0.25, 0.3) is 0 Å². The number of nitro groups is 1. The van der Waals surface area contributed by atoms with E-state index in [1.807, 2.05) is 0 Å². The molecule has 0 aliphatic rings. The molecular weight excluding hydrogens is 255 g/mol. The SMILES string of the molecule is Cc1c(OC(F)(F)F)cc(CC#N)nc1[N+](=O)[O-]. The fourth-order valence-corrected chi connectivity index (χ4v) is 1.20. The highest BCUT2D eigenvalue weighted by atomic mass is 19.4. The zero-order chi connectivity index (χ0) is 13.9. The van der Waals surface area contributed by atoms with Crippen molar-refractivity contribution in [2.45, 2.75) is 19.7 Å². The van der Waals surface area contributed by atoms with E-state index in [0.29, 0.717) is 0 Å². The first kappa shape index (κ1) is 13.7. The van der Waals surface area contributed by atoms with Crippen LogP contribution in [0, 0.1) is 28.4 Å². The summed E-state index contributed by atoms with van der Waals surface area (Å²) >= 11 is 0. The monoisotopic (exact) mass is 261 g/mol. The van der Waals surface area contributed by atoms with E-state index in [1.54, 1.807) is 6.07 Å². The third-order valence-corrected chi connectivity index (χ3v) is 1.91. The lowest BCUT2D eigenvalue weighted by molar-refractivity contribution is -0.390. The Balaban J connectivity index is 3.32. The van der Waals surface area contributed by atoms with E-state index in [2.05, 4.69) is 9.72 Å². The molecule has 0 saturated carbocycles. The van der Waals surface area contributed by atoms with Gasteiger partial charge in [0, 0.05) is 6.07 Å². The number of hydrogen-bond acceptors (Lipinski definition) is 5. The van der Waals surface area contributed by atoms with Gasteiger partial charge in [0.25, 0.3) is 0 Å². The molecule has 0 spiro atoms. The van der Waals surface area contributed by atoms with Crippen LogP contribution in [-0.4, -0.2) is 16.3 Å². The molecule has 0 aliphatic carbocycles. The molecule has 18 heavy (non-hydrogen) atoms. The van der Waals surface area contributed by atoms with Gasteiger partial charge in [-0.1, -0.05) is 0 Å². The Bertz CT molecular complexity index is 522. The third kappa shape index (κ3) is 3.31. The van der Waals surface area contributed by atoms with Gasteiger partial charge in [-0.05, 0) is 16.8 Å². The summed E-state index contributed by atoms with van der Waals surface area (Å²) in [6.07, 6.45) is -5.32. The number of rotatable bonds is 3. The van der Waals surface area contributed by atoms with E-state index < -0.39 is 22.9 Å². The van der Waals surface area contributed by atoms with Crippen LogP contribution in [-0.2, 0) is 6.42 Å². The summed E-state index contributed by atoms with van der Waals surface area (Å²) in [5, 5.41) is 19.0. The molecular formula is C9H6F3N3O3. The summed E-state index contributed by atoms with van der Waals surface area (Å²) in [6, 6.07) is 2.50. The summed E-state index contributed by atoms with van der Waals surface area (Å²) in [5.74, 6) is -1.49. The van der Waals surface area contributed by atoms with Crippen LogP contribution in [0.4, 0.5) is 19.0 Å². The number of ether oxygens (including phenoxy) is 1. The van der Waals surface area contributed by atoms with E-state index >= 15 is 0 Å². The third-order valence-electron chi connectivity index (χ3n) is 1.91. The minimum Gasteiger partial charge on any atom is -0.405 e. The number of halogens is 3. The minimum absolute atomic E-state index is 0.158. The van der Waals surface area contributed by atoms with E-state index in [0.717, 1.165) is 13.0 Å². The molecule has 1 heterocycles. The maximum Gasteiger partial charge on any atom is 0.573 e. The van der Waals surface area contributed by atoms with Crippen LogP contribution in [0.15, 0.2) is 6.07 Å². The topological polar surface area (TPSA) is 89.0 Å². The van der Waals surface area contributed by atoms with Crippen LogP contribution >= 0.6 is 0 Å². The van der Waals surface area contributed by atoms with E-state index in [9.17, 15) is 23.3 Å². The largest absolute Gasteiger partial charge is 0.573 e. The summed E-state index contributed by atoms with van der Waals surface area (Å²) < 4.78 is 39.9. The molecule has 96 valence electrons. The fourth-order valence-electron chi connectivity index (χ4n) is 1.20. The zero-order valence-corrected chi connectivity index (χ0v) is 8.98. The number of alkyl halides is 3. The van der Waals surface area contributed by atoms with Crippen LogP contribution in [0.3, 0.4) is 0 Å². The lowest BCUT2D eigenvalue weighted by Crippen LogP contribution is -2.18. The summed E-state index contributed by atoms with van der Waals surface area (Å²) in [5.41, 5.74) is -0.506. The number of pyridine rings is 1. The molecule has 0 unspecified atom stereocenters. The molecule has 0 N–H and O–H groups in total. The van der Waals surface area contributed by atoms with Crippen molar-refractivity contribution in [2.24, 2.45) is 0 Å². The predicted molar refractivity (Wildman–Crippen MR) is 51.6 cm³/mol. The van der Waals surface area contributed by atoms with E-state index in [4.69, 9.17) is 5.26 Å². The Kier molecular flexibility index (Phi) is 3.70. The minimum atomic E-state index is -4.97. The number of nitriles is 1. The Morgan fingerprint density at radius 1 is 1.61 bits per heavy atom. The average molecular weight is 261 g/mol. The van der Waals surface area contributed by atoms with Crippen molar-refractivity contribution >= 4 is 5.82 Å². The predicted octanol–water partition coefficient (Wildman–Crippen LogP) is 2.26. The normalized spacial score (nSPS) is 10.8. The molecule has 9 heteroatoms. The molecule has 0 aromatic carbocycles. The lowest BCUT2D eigenvalue weighted by Gasteiger charge is -2.11. The second-order valence-corrected chi connectivity index (χ2v) is 3.20. The van der Waals surface area contributed by atoms with Crippen molar-refractivity contribution in [3.63, 3.8) is 0 Å². The first-order valence-electron chi connectivity index (χ1n) is 4.52. The summed E-state index contributed by atoms with van der Waals surface area (Å²) in [4.78, 5) is 13.2. The van der Waals surface area contributed by atoms with Gasteiger partial charge in [-0.15, -0.1) is 13.2 Å². The van der Waals surface area contributed by atoms with Crippen molar-refractivity contribution in [1.82, 2.24) is 4.98 Å². The Morgan fingerprint density at radius 3 is 2.67 bits per heavy atom. The highest BCUT2D eigenvalue weighted by molar-refractivity contribution is 5.45. The number of nitrogens with zero attached hydrogens (tertiary/aromatic N) is 3. The van der Waals surface area contributed by atoms with Crippen LogP contribution < -0.4 is 4.74 Å². The molecule has 6 nitrogen and oxygen atoms in total. The highest BCUT2D eigenvalue weighted by Gasteiger charge is 2.34. The van der Waals surface area contributed by atoms with Gasteiger partial charge in [-0.25, -0.2) is 0 Å². The smallest absolute Gasteiger partial charge is 0.405 e. The van der Waals surface area contributed by atoms with Crippen molar-refractivity contribution in [3.8, 4) is 11.8 Å². The zero-order valence-electron chi connectivity index (χ0n) is 8.98. The average Bonchev–Trinajstić information content (AvgIpc) is 2.20. The molecule has 0 fully saturated rings. The number of hydrogen-bond donors (Lipinski definition) is 0. The van der Waals surface area contributed by atoms with Gasteiger partial charge in [-0.3, -0.25) is 0 Å². The van der Waals surface area contributed by atoms with Gasteiger partial charge in [0.15, 0.2) is 5.69 Å². The van der Waals surface area contributed by atoms with Crippen molar-refractivity contribution in [2.75, 3.05) is 0 Å². The van der Waals surface area contributed by atoms with Crippen LogP contribution in [0.2, 0.25) is 0 Å². The molecule has 0 bridgehead atoms. The molecule has 0 saturated heterocycles. The Labute approximate surface area is 98.8 Å². The second-order valence-electron chi connectivity index (χ2n) is 3.20. The molecule has 1 rings (SSSR count). The molecule has 0 aliphatic heterocycles. The molecule has 0 amide bonds. The first-order valence-corrected chi connectivity index (χ1v) is 4.52. The van der Waals surface area contributed by atoms with E-state index in [-0.39, 0.29) is 17.7 Å².